The average molecular weight is 384 g/mol. The SMILES string of the molecule is CCOc1ccc(C2CC3C(=O)N(Cc4ccc(Cl)cc4)C=CN3N2)cc1. The molecule has 1 N–H and O–H groups in total. The summed E-state index contributed by atoms with van der Waals surface area (Å²) in [6.07, 6.45) is 4.51. The van der Waals surface area contributed by atoms with Crippen molar-refractivity contribution in [2.75, 3.05) is 6.61 Å². The number of nitrogens with zero attached hydrogens (tertiary/aromatic N) is 2. The van der Waals surface area contributed by atoms with E-state index in [4.69, 9.17) is 16.3 Å². The molecule has 2 aliphatic rings. The van der Waals surface area contributed by atoms with Gasteiger partial charge in [0.25, 0.3) is 5.91 Å². The second-order valence-electron chi connectivity index (χ2n) is 6.73. The molecule has 0 aromatic heterocycles. The van der Waals surface area contributed by atoms with Crippen LogP contribution in [0.4, 0.5) is 0 Å². The summed E-state index contributed by atoms with van der Waals surface area (Å²) in [4.78, 5) is 14.7. The van der Waals surface area contributed by atoms with E-state index in [1.165, 1.54) is 0 Å². The van der Waals surface area contributed by atoms with Crippen LogP contribution >= 0.6 is 11.6 Å². The van der Waals surface area contributed by atoms with Gasteiger partial charge in [-0.25, -0.2) is 5.43 Å². The molecule has 0 bridgehead atoms. The Bertz CT molecular complexity index is 836. The average Bonchev–Trinajstić information content (AvgIpc) is 3.12. The molecule has 0 saturated carbocycles. The zero-order valence-electron chi connectivity index (χ0n) is 15.1. The van der Waals surface area contributed by atoms with E-state index in [1.807, 2.05) is 60.7 Å². The van der Waals surface area contributed by atoms with Gasteiger partial charge in [-0.2, -0.15) is 0 Å². The van der Waals surface area contributed by atoms with Crippen LogP contribution in [0.3, 0.4) is 0 Å². The molecule has 2 aliphatic heterocycles. The number of benzene rings is 2. The molecule has 2 aromatic rings. The molecule has 2 atom stereocenters. The summed E-state index contributed by atoms with van der Waals surface area (Å²) < 4.78 is 5.50. The highest BCUT2D eigenvalue weighted by Crippen LogP contribution is 2.32. The lowest BCUT2D eigenvalue weighted by Crippen LogP contribution is -2.47. The number of hydrogen-bond donors (Lipinski definition) is 1. The standard InChI is InChI=1S/C21H22ClN3O2/c1-2-27-18-9-5-16(6-10-18)19-13-20-21(26)24(11-12-25(20)23-19)14-15-3-7-17(22)8-4-15/h3-12,19-20,23H,2,13-14H2,1H3. The van der Waals surface area contributed by atoms with Gasteiger partial charge in [0.1, 0.15) is 11.8 Å². The van der Waals surface area contributed by atoms with E-state index >= 15 is 0 Å². The molecule has 5 nitrogen and oxygen atoms in total. The van der Waals surface area contributed by atoms with Gasteiger partial charge in [0.15, 0.2) is 0 Å². The molecule has 1 saturated heterocycles. The van der Waals surface area contributed by atoms with Crippen molar-refractivity contribution in [2.45, 2.75) is 32.0 Å². The van der Waals surface area contributed by atoms with Gasteiger partial charge in [0.2, 0.25) is 0 Å². The molecular formula is C21H22ClN3O2. The lowest BCUT2D eigenvalue weighted by Gasteiger charge is -2.31. The zero-order valence-corrected chi connectivity index (χ0v) is 15.9. The molecule has 1 fully saturated rings. The highest BCUT2D eigenvalue weighted by Gasteiger charge is 2.39. The Morgan fingerprint density at radius 3 is 2.56 bits per heavy atom. The third-order valence-electron chi connectivity index (χ3n) is 4.93. The first-order valence-corrected chi connectivity index (χ1v) is 9.52. The number of ether oxygens (including phenoxy) is 1. The molecular weight excluding hydrogens is 362 g/mol. The monoisotopic (exact) mass is 383 g/mol. The molecule has 140 valence electrons. The van der Waals surface area contributed by atoms with Crippen LogP contribution in [-0.4, -0.2) is 28.5 Å². The second-order valence-corrected chi connectivity index (χ2v) is 7.17. The van der Waals surface area contributed by atoms with Crippen LogP contribution in [0.2, 0.25) is 5.02 Å². The summed E-state index contributed by atoms with van der Waals surface area (Å²) in [6, 6.07) is 15.6. The molecule has 2 aromatic carbocycles. The van der Waals surface area contributed by atoms with Crippen LogP contribution in [-0.2, 0) is 11.3 Å². The third-order valence-corrected chi connectivity index (χ3v) is 5.19. The highest BCUT2D eigenvalue weighted by atomic mass is 35.5. The molecule has 0 spiro atoms. The molecule has 2 unspecified atom stereocenters. The number of carbonyl (C=O) groups is 1. The molecule has 6 heteroatoms. The number of carbonyl (C=O) groups excluding carboxylic acids is 1. The number of nitrogens with one attached hydrogen (secondary N) is 1. The van der Waals surface area contributed by atoms with Crippen LogP contribution in [0, 0.1) is 0 Å². The van der Waals surface area contributed by atoms with E-state index in [9.17, 15) is 4.79 Å². The Morgan fingerprint density at radius 1 is 1.11 bits per heavy atom. The largest absolute Gasteiger partial charge is 0.494 e. The number of fused-ring (bicyclic) bond motifs is 1. The summed E-state index contributed by atoms with van der Waals surface area (Å²) in [5, 5.41) is 2.62. The van der Waals surface area contributed by atoms with Crippen molar-refractivity contribution in [3.8, 4) is 5.75 Å². The number of amides is 1. The van der Waals surface area contributed by atoms with Crippen molar-refractivity contribution in [2.24, 2.45) is 0 Å². The molecule has 0 radical (unpaired) electrons. The summed E-state index contributed by atoms with van der Waals surface area (Å²) >= 11 is 5.94. The number of halogens is 1. The number of hydrogen-bond acceptors (Lipinski definition) is 4. The van der Waals surface area contributed by atoms with E-state index in [0.717, 1.165) is 23.3 Å². The molecule has 27 heavy (non-hydrogen) atoms. The summed E-state index contributed by atoms with van der Waals surface area (Å²) in [7, 11) is 0. The van der Waals surface area contributed by atoms with Gasteiger partial charge in [-0.05, 0) is 48.7 Å². The minimum atomic E-state index is -0.195. The van der Waals surface area contributed by atoms with E-state index in [0.29, 0.717) is 18.2 Å². The van der Waals surface area contributed by atoms with Gasteiger partial charge >= 0.3 is 0 Å². The lowest BCUT2D eigenvalue weighted by molar-refractivity contribution is -0.134. The normalized spacial score (nSPS) is 21.5. The van der Waals surface area contributed by atoms with Crippen LogP contribution in [0.5, 0.6) is 5.75 Å². The highest BCUT2D eigenvalue weighted by molar-refractivity contribution is 6.30. The van der Waals surface area contributed by atoms with E-state index in [1.54, 1.807) is 4.90 Å². The predicted molar refractivity (Wildman–Crippen MR) is 105 cm³/mol. The van der Waals surface area contributed by atoms with Crippen LogP contribution in [0.25, 0.3) is 0 Å². The molecule has 2 heterocycles. The Hall–Kier alpha value is -2.50. The first-order valence-electron chi connectivity index (χ1n) is 9.14. The van der Waals surface area contributed by atoms with E-state index in [-0.39, 0.29) is 18.0 Å². The van der Waals surface area contributed by atoms with Crippen molar-refractivity contribution in [1.29, 1.82) is 0 Å². The van der Waals surface area contributed by atoms with Gasteiger partial charge in [0, 0.05) is 17.4 Å². The fourth-order valence-corrected chi connectivity index (χ4v) is 3.66. The Balaban J connectivity index is 1.44. The van der Waals surface area contributed by atoms with E-state index < -0.39 is 0 Å². The molecule has 1 amide bonds. The van der Waals surface area contributed by atoms with Crippen LogP contribution < -0.4 is 10.2 Å². The fourth-order valence-electron chi connectivity index (χ4n) is 3.53. The maximum Gasteiger partial charge on any atom is 0.251 e. The van der Waals surface area contributed by atoms with Gasteiger partial charge < -0.3 is 14.6 Å². The minimum Gasteiger partial charge on any atom is -0.494 e. The second kappa shape index (κ2) is 7.62. The Morgan fingerprint density at radius 2 is 1.85 bits per heavy atom. The van der Waals surface area contributed by atoms with Gasteiger partial charge in [-0.3, -0.25) is 4.79 Å². The summed E-state index contributed by atoms with van der Waals surface area (Å²) in [5.41, 5.74) is 5.63. The summed E-state index contributed by atoms with van der Waals surface area (Å²) in [5.74, 6) is 0.968. The first-order chi connectivity index (χ1) is 13.1. The zero-order chi connectivity index (χ0) is 18.8. The quantitative estimate of drug-likeness (QED) is 0.851. The third kappa shape index (κ3) is 3.80. The molecule has 0 aliphatic carbocycles. The predicted octanol–water partition coefficient (Wildman–Crippen LogP) is 3.87. The van der Waals surface area contributed by atoms with Crippen LogP contribution in [0.15, 0.2) is 60.9 Å². The van der Waals surface area contributed by atoms with Gasteiger partial charge in [-0.1, -0.05) is 35.9 Å². The Labute approximate surface area is 164 Å². The van der Waals surface area contributed by atoms with Crippen molar-refractivity contribution < 1.29 is 9.53 Å². The van der Waals surface area contributed by atoms with Crippen molar-refractivity contribution in [1.82, 2.24) is 15.3 Å². The van der Waals surface area contributed by atoms with Gasteiger partial charge in [-0.15, -0.1) is 0 Å². The number of hydrazine groups is 1. The van der Waals surface area contributed by atoms with Crippen molar-refractivity contribution in [3.05, 3.63) is 77.1 Å². The minimum absolute atomic E-state index is 0.105. The molecule has 4 rings (SSSR count). The maximum atomic E-state index is 12.9. The maximum absolute atomic E-state index is 12.9. The first kappa shape index (κ1) is 17.9. The van der Waals surface area contributed by atoms with E-state index in [2.05, 4.69) is 17.6 Å². The topological polar surface area (TPSA) is 44.8 Å². The fraction of sp³-hybridized carbons (Fsp3) is 0.286. The van der Waals surface area contributed by atoms with Gasteiger partial charge in [0.05, 0.1) is 19.2 Å². The van der Waals surface area contributed by atoms with Crippen molar-refractivity contribution in [3.63, 3.8) is 0 Å². The lowest BCUT2D eigenvalue weighted by atomic mass is 10.0. The summed E-state index contributed by atoms with van der Waals surface area (Å²) in [6.45, 7) is 3.17. The smallest absolute Gasteiger partial charge is 0.251 e. The van der Waals surface area contributed by atoms with Crippen molar-refractivity contribution >= 4 is 17.5 Å². The number of rotatable bonds is 5. The Kier molecular flexibility index (Phi) is 5.05. The van der Waals surface area contributed by atoms with Crippen LogP contribution in [0.1, 0.15) is 30.5 Å².